The smallest absolute Gasteiger partial charge is 0.444 e. The van der Waals surface area contributed by atoms with Crippen LogP contribution in [0.1, 0.15) is 80.3 Å². The number of benzene rings is 1. The summed E-state index contributed by atoms with van der Waals surface area (Å²) in [4.78, 5) is 26.6. The summed E-state index contributed by atoms with van der Waals surface area (Å²) >= 11 is 0. The van der Waals surface area contributed by atoms with Crippen molar-refractivity contribution in [3.8, 4) is 0 Å². The van der Waals surface area contributed by atoms with Crippen LogP contribution in [0.5, 0.6) is 0 Å². The molecular formula is C23H35BN2O5. The van der Waals surface area contributed by atoms with Crippen molar-refractivity contribution >= 4 is 30.3 Å². The van der Waals surface area contributed by atoms with E-state index in [9.17, 15) is 9.59 Å². The van der Waals surface area contributed by atoms with Crippen molar-refractivity contribution in [2.75, 3.05) is 4.90 Å². The topological polar surface area (TPSA) is 77.1 Å². The molecule has 170 valence electrons. The molecule has 8 heteroatoms. The van der Waals surface area contributed by atoms with E-state index in [0.29, 0.717) is 6.42 Å². The highest BCUT2D eigenvalue weighted by atomic mass is 16.7. The monoisotopic (exact) mass is 430 g/mol. The molecule has 2 atom stereocenters. The molecule has 2 heterocycles. The number of rotatable bonds is 2. The quantitative estimate of drug-likeness (QED) is 0.725. The Bertz CT molecular complexity index is 861. The second-order valence-electron chi connectivity index (χ2n) is 10.6. The van der Waals surface area contributed by atoms with E-state index in [1.165, 1.54) is 0 Å². The lowest BCUT2D eigenvalue weighted by atomic mass is 9.76. The Morgan fingerprint density at radius 2 is 1.74 bits per heavy atom. The van der Waals surface area contributed by atoms with Gasteiger partial charge in [0.05, 0.1) is 17.2 Å². The van der Waals surface area contributed by atoms with Gasteiger partial charge in [0.1, 0.15) is 5.60 Å². The first kappa shape index (κ1) is 23.6. The van der Waals surface area contributed by atoms with Crippen LogP contribution < -0.4 is 15.7 Å². The van der Waals surface area contributed by atoms with E-state index in [2.05, 4.69) is 5.32 Å². The van der Waals surface area contributed by atoms with Crippen molar-refractivity contribution in [1.29, 1.82) is 0 Å². The SMILES string of the molecule is CC(=O)N1c2ccc(B3OC(C)(C)C(C)(C)O3)cc2C(NC(=O)OC(C)(C)C)CC1C. The fourth-order valence-corrected chi connectivity index (χ4v) is 4.07. The van der Waals surface area contributed by atoms with Crippen LogP contribution in [0.25, 0.3) is 0 Å². The Kier molecular flexibility index (Phi) is 5.95. The van der Waals surface area contributed by atoms with Crippen molar-refractivity contribution in [2.45, 2.75) is 97.6 Å². The highest BCUT2D eigenvalue weighted by Gasteiger charge is 2.52. The van der Waals surface area contributed by atoms with Crippen LogP contribution in [0.15, 0.2) is 18.2 Å². The van der Waals surface area contributed by atoms with Gasteiger partial charge in [0, 0.05) is 18.7 Å². The number of fused-ring (bicyclic) bond motifs is 1. The van der Waals surface area contributed by atoms with Crippen molar-refractivity contribution in [1.82, 2.24) is 5.32 Å². The minimum absolute atomic E-state index is 0.0344. The Morgan fingerprint density at radius 3 is 2.26 bits per heavy atom. The maximum Gasteiger partial charge on any atom is 0.494 e. The zero-order valence-electron chi connectivity index (χ0n) is 20.2. The molecule has 2 unspecified atom stereocenters. The third kappa shape index (κ3) is 4.75. The van der Waals surface area contributed by atoms with Crippen molar-refractivity contribution < 1.29 is 23.6 Å². The maximum atomic E-state index is 12.5. The maximum absolute atomic E-state index is 12.5. The summed E-state index contributed by atoms with van der Waals surface area (Å²) in [5, 5.41) is 2.99. The summed E-state index contributed by atoms with van der Waals surface area (Å²) in [6.07, 6.45) is 0.103. The number of carbonyl (C=O) groups excluding carboxylic acids is 2. The summed E-state index contributed by atoms with van der Waals surface area (Å²) in [6, 6.07) is 5.46. The average Bonchev–Trinajstić information content (AvgIpc) is 2.80. The van der Waals surface area contributed by atoms with Gasteiger partial charge >= 0.3 is 13.2 Å². The molecule has 1 aromatic rings. The Labute approximate surface area is 185 Å². The van der Waals surface area contributed by atoms with Gasteiger partial charge in [0.2, 0.25) is 5.91 Å². The van der Waals surface area contributed by atoms with E-state index in [1.807, 2.05) is 73.6 Å². The summed E-state index contributed by atoms with van der Waals surface area (Å²) in [6.45, 7) is 17.1. The van der Waals surface area contributed by atoms with Crippen LogP contribution in [-0.4, -0.2) is 42.0 Å². The second-order valence-corrected chi connectivity index (χ2v) is 10.6. The van der Waals surface area contributed by atoms with Gasteiger partial charge in [-0.15, -0.1) is 0 Å². The van der Waals surface area contributed by atoms with E-state index < -0.39 is 30.0 Å². The van der Waals surface area contributed by atoms with Gasteiger partial charge in [-0.1, -0.05) is 12.1 Å². The largest absolute Gasteiger partial charge is 0.494 e. The third-order valence-electron chi connectivity index (χ3n) is 6.26. The fraction of sp³-hybridized carbons (Fsp3) is 0.652. The molecule has 1 fully saturated rings. The molecule has 0 aliphatic carbocycles. The van der Waals surface area contributed by atoms with E-state index in [-0.39, 0.29) is 18.0 Å². The van der Waals surface area contributed by atoms with Gasteiger partial charge in [-0.3, -0.25) is 4.79 Å². The summed E-state index contributed by atoms with van der Waals surface area (Å²) < 4.78 is 17.9. The molecule has 31 heavy (non-hydrogen) atoms. The van der Waals surface area contributed by atoms with Gasteiger partial charge in [0.15, 0.2) is 0 Å². The van der Waals surface area contributed by atoms with Crippen molar-refractivity contribution in [3.05, 3.63) is 23.8 Å². The van der Waals surface area contributed by atoms with E-state index in [4.69, 9.17) is 14.0 Å². The van der Waals surface area contributed by atoms with Gasteiger partial charge < -0.3 is 24.3 Å². The van der Waals surface area contributed by atoms with Crippen LogP contribution in [0, 0.1) is 0 Å². The Hall–Kier alpha value is -2.06. The Balaban J connectivity index is 1.97. The fourth-order valence-electron chi connectivity index (χ4n) is 4.07. The number of nitrogens with one attached hydrogen (secondary N) is 1. The molecule has 0 aromatic heterocycles. The summed E-state index contributed by atoms with van der Waals surface area (Å²) in [5.41, 5.74) is 0.984. The molecule has 3 rings (SSSR count). The second kappa shape index (κ2) is 7.82. The minimum Gasteiger partial charge on any atom is -0.444 e. The van der Waals surface area contributed by atoms with Crippen LogP contribution in [-0.2, 0) is 18.8 Å². The van der Waals surface area contributed by atoms with Crippen molar-refractivity contribution in [3.63, 3.8) is 0 Å². The molecule has 0 bridgehead atoms. The molecule has 7 nitrogen and oxygen atoms in total. The van der Waals surface area contributed by atoms with E-state index in [1.54, 1.807) is 11.8 Å². The first-order chi connectivity index (χ1) is 14.1. The highest BCUT2D eigenvalue weighted by Crippen LogP contribution is 2.39. The molecular weight excluding hydrogens is 395 g/mol. The molecule has 1 N–H and O–H groups in total. The molecule has 0 radical (unpaired) electrons. The van der Waals surface area contributed by atoms with Crippen molar-refractivity contribution in [2.24, 2.45) is 0 Å². The highest BCUT2D eigenvalue weighted by molar-refractivity contribution is 6.62. The van der Waals surface area contributed by atoms with Gasteiger partial charge in [-0.2, -0.15) is 0 Å². The molecule has 0 saturated carbocycles. The van der Waals surface area contributed by atoms with Crippen LogP contribution >= 0.6 is 0 Å². The zero-order valence-corrected chi connectivity index (χ0v) is 20.2. The molecule has 2 aliphatic heterocycles. The third-order valence-corrected chi connectivity index (χ3v) is 6.26. The average molecular weight is 430 g/mol. The van der Waals surface area contributed by atoms with Gasteiger partial charge in [-0.25, -0.2) is 4.79 Å². The number of carbonyl (C=O) groups is 2. The predicted octanol–water partition coefficient (Wildman–Crippen LogP) is 3.70. The van der Waals surface area contributed by atoms with Gasteiger partial charge in [-0.05, 0) is 78.9 Å². The number of ether oxygens (including phenoxy) is 1. The summed E-state index contributed by atoms with van der Waals surface area (Å²) in [7, 11) is -0.525. The molecule has 1 saturated heterocycles. The number of anilines is 1. The standard InChI is InChI=1S/C23H35BN2O5/c1-14-12-18(25-20(28)29-21(3,4)5)17-13-16(10-11-19(17)26(14)15(2)27)24-30-22(6,7)23(8,9)31-24/h10-11,13-14,18H,12H2,1-9H3,(H,25,28). The number of hydrogen-bond acceptors (Lipinski definition) is 5. The molecule has 2 amide bonds. The Morgan fingerprint density at radius 1 is 1.16 bits per heavy atom. The zero-order chi connectivity index (χ0) is 23.4. The lowest BCUT2D eigenvalue weighted by Gasteiger charge is -2.39. The van der Waals surface area contributed by atoms with Crippen LogP contribution in [0.3, 0.4) is 0 Å². The van der Waals surface area contributed by atoms with Gasteiger partial charge in [0.25, 0.3) is 0 Å². The van der Waals surface area contributed by atoms with E-state index in [0.717, 1.165) is 16.7 Å². The predicted molar refractivity (Wildman–Crippen MR) is 122 cm³/mol. The number of alkyl carbamates (subject to hydrolysis) is 1. The first-order valence-electron chi connectivity index (χ1n) is 10.9. The van der Waals surface area contributed by atoms with Crippen LogP contribution in [0.4, 0.5) is 10.5 Å². The summed E-state index contributed by atoms with van der Waals surface area (Å²) in [5.74, 6) is -0.0344. The molecule has 2 aliphatic rings. The number of amides is 2. The molecule has 1 aromatic carbocycles. The van der Waals surface area contributed by atoms with Crippen LogP contribution in [0.2, 0.25) is 0 Å². The molecule has 0 spiro atoms. The minimum atomic E-state index is -0.594. The lowest BCUT2D eigenvalue weighted by molar-refractivity contribution is -0.117. The van der Waals surface area contributed by atoms with E-state index >= 15 is 0 Å². The number of nitrogens with zero attached hydrogens (tertiary/aromatic N) is 1. The first-order valence-corrected chi connectivity index (χ1v) is 10.9. The number of hydrogen-bond donors (Lipinski definition) is 1. The normalized spacial score (nSPS) is 24.5. The lowest BCUT2D eigenvalue weighted by Crippen LogP contribution is -2.47.